The summed E-state index contributed by atoms with van der Waals surface area (Å²) >= 11 is 0. The van der Waals surface area contributed by atoms with Gasteiger partial charge in [0.2, 0.25) is 0 Å². The summed E-state index contributed by atoms with van der Waals surface area (Å²) in [5.41, 5.74) is 7.22. The lowest BCUT2D eigenvalue weighted by Gasteiger charge is -2.23. The molecule has 0 saturated carbocycles. The fraction of sp³-hybridized carbons (Fsp3) is 0.533. The van der Waals surface area contributed by atoms with E-state index in [1.165, 1.54) is 0 Å². The smallest absolute Gasteiger partial charge is 0.128 e. The molecule has 6 heteroatoms. The Balaban J connectivity index is 2.67. The quantitative estimate of drug-likeness (QED) is 0.276. The van der Waals surface area contributed by atoms with E-state index >= 15 is 0 Å². The average Bonchev–Trinajstić information content (AvgIpc) is 2.42. The predicted molar refractivity (Wildman–Crippen MR) is 84.1 cm³/mol. The third-order valence-electron chi connectivity index (χ3n) is 2.84. The lowest BCUT2D eigenvalue weighted by atomic mass is 10.1. The van der Waals surface area contributed by atoms with E-state index in [4.69, 9.17) is 15.7 Å². The van der Waals surface area contributed by atoms with Crippen LogP contribution in [0.15, 0.2) is 23.4 Å². The van der Waals surface area contributed by atoms with E-state index in [2.05, 4.69) is 10.5 Å². The first-order valence-electron chi connectivity index (χ1n) is 6.87. The summed E-state index contributed by atoms with van der Waals surface area (Å²) in [5.74, 6) is 0.523. The molecule has 0 aliphatic heterocycles. The molecule has 0 heterocycles. The standard InChI is InChI=1S/C15H25N3O3/c1-10(18-20)13-7-11(16)5-6-14(13)21-9-12(19)8-17-15(2,3)4/h5-7,12,17,19-20H,8-9,16H2,1-4H3. The minimum absolute atomic E-state index is 0.0620. The summed E-state index contributed by atoms with van der Waals surface area (Å²) in [4.78, 5) is 0. The Kier molecular flexibility index (Phi) is 5.99. The molecule has 0 aliphatic carbocycles. The SMILES string of the molecule is CC(=NO)c1cc(N)ccc1OCC(O)CNC(C)(C)C. The van der Waals surface area contributed by atoms with Gasteiger partial charge in [0.1, 0.15) is 18.5 Å². The molecule has 0 amide bonds. The molecular formula is C15H25N3O3. The lowest BCUT2D eigenvalue weighted by Crippen LogP contribution is -2.42. The van der Waals surface area contributed by atoms with Gasteiger partial charge in [0, 0.05) is 23.3 Å². The van der Waals surface area contributed by atoms with E-state index in [1.54, 1.807) is 25.1 Å². The number of oxime groups is 1. The predicted octanol–water partition coefficient (Wildman–Crippen LogP) is 1.59. The van der Waals surface area contributed by atoms with Crippen molar-refractivity contribution < 1.29 is 15.1 Å². The minimum Gasteiger partial charge on any atom is -0.490 e. The van der Waals surface area contributed by atoms with E-state index in [1.807, 2.05) is 20.8 Å². The van der Waals surface area contributed by atoms with E-state index in [0.29, 0.717) is 29.3 Å². The van der Waals surface area contributed by atoms with Gasteiger partial charge < -0.3 is 26.1 Å². The molecule has 1 atom stereocenters. The normalized spacial score (nSPS) is 14.0. The number of aliphatic hydroxyl groups is 1. The number of nitrogens with zero attached hydrogens (tertiary/aromatic N) is 1. The molecule has 0 fully saturated rings. The summed E-state index contributed by atoms with van der Waals surface area (Å²) in [5, 5.41) is 25.2. The second kappa shape index (κ2) is 7.28. The molecule has 0 spiro atoms. The van der Waals surface area contributed by atoms with Gasteiger partial charge in [-0.25, -0.2) is 0 Å². The van der Waals surface area contributed by atoms with E-state index in [0.717, 1.165) is 0 Å². The van der Waals surface area contributed by atoms with Crippen LogP contribution in [0, 0.1) is 0 Å². The Morgan fingerprint density at radius 2 is 2.10 bits per heavy atom. The fourth-order valence-electron chi connectivity index (χ4n) is 1.68. The highest BCUT2D eigenvalue weighted by atomic mass is 16.5. The largest absolute Gasteiger partial charge is 0.490 e. The number of hydrogen-bond acceptors (Lipinski definition) is 6. The third kappa shape index (κ3) is 6.01. The van der Waals surface area contributed by atoms with Crippen LogP contribution in [0.3, 0.4) is 0 Å². The van der Waals surface area contributed by atoms with Gasteiger partial charge in [-0.15, -0.1) is 0 Å². The van der Waals surface area contributed by atoms with Gasteiger partial charge in [0.25, 0.3) is 0 Å². The Hall–Kier alpha value is -1.79. The first-order valence-corrected chi connectivity index (χ1v) is 6.87. The summed E-state index contributed by atoms with van der Waals surface area (Å²) in [6, 6.07) is 5.07. The van der Waals surface area contributed by atoms with Crippen LogP contribution >= 0.6 is 0 Å². The van der Waals surface area contributed by atoms with Gasteiger partial charge in [-0.05, 0) is 45.9 Å². The lowest BCUT2D eigenvalue weighted by molar-refractivity contribution is 0.0999. The zero-order valence-corrected chi connectivity index (χ0v) is 13.1. The van der Waals surface area contributed by atoms with Gasteiger partial charge in [0.05, 0.1) is 5.71 Å². The van der Waals surface area contributed by atoms with Crippen molar-refractivity contribution >= 4 is 11.4 Å². The molecule has 118 valence electrons. The molecular weight excluding hydrogens is 270 g/mol. The Morgan fingerprint density at radius 1 is 1.43 bits per heavy atom. The summed E-state index contributed by atoms with van der Waals surface area (Å²) in [6.07, 6.45) is -0.638. The average molecular weight is 295 g/mol. The highest BCUT2D eigenvalue weighted by molar-refractivity contribution is 6.01. The molecule has 1 aromatic carbocycles. The van der Waals surface area contributed by atoms with Gasteiger partial charge in [-0.3, -0.25) is 0 Å². The molecule has 0 radical (unpaired) electrons. The van der Waals surface area contributed by atoms with Crippen molar-refractivity contribution in [3.63, 3.8) is 0 Å². The number of ether oxygens (including phenoxy) is 1. The molecule has 1 rings (SSSR count). The van der Waals surface area contributed by atoms with Gasteiger partial charge in [0.15, 0.2) is 0 Å². The van der Waals surface area contributed by atoms with E-state index < -0.39 is 6.10 Å². The molecule has 1 unspecified atom stereocenters. The van der Waals surface area contributed by atoms with Crippen molar-refractivity contribution in [1.82, 2.24) is 5.32 Å². The van der Waals surface area contributed by atoms with Crippen molar-refractivity contribution in [2.24, 2.45) is 5.16 Å². The molecule has 0 aromatic heterocycles. The summed E-state index contributed by atoms with van der Waals surface area (Å²) < 4.78 is 5.60. The molecule has 1 aromatic rings. The Labute approximate surface area is 125 Å². The number of β-amino-alcohol motifs (C(OH)–C–C–N with tert-alkyl or cyclic N) is 1. The van der Waals surface area contributed by atoms with Gasteiger partial charge in [-0.1, -0.05) is 5.16 Å². The molecule has 6 nitrogen and oxygen atoms in total. The fourth-order valence-corrected chi connectivity index (χ4v) is 1.68. The number of nitrogens with one attached hydrogen (secondary N) is 1. The Bertz CT molecular complexity index is 495. The number of aliphatic hydroxyl groups excluding tert-OH is 1. The molecule has 0 bridgehead atoms. The first kappa shape index (κ1) is 17.3. The zero-order chi connectivity index (χ0) is 16.0. The third-order valence-corrected chi connectivity index (χ3v) is 2.84. The second-order valence-electron chi connectivity index (χ2n) is 6.04. The van der Waals surface area contributed by atoms with Crippen LogP contribution in [-0.4, -0.2) is 40.8 Å². The number of nitrogen functional groups attached to an aromatic ring is 1. The van der Waals surface area contributed by atoms with Crippen molar-refractivity contribution in [1.29, 1.82) is 0 Å². The zero-order valence-electron chi connectivity index (χ0n) is 13.1. The van der Waals surface area contributed by atoms with Crippen LogP contribution in [0.2, 0.25) is 0 Å². The summed E-state index contributed by atoms with van der Waals surface area (Å²) in [6.45, 7) is 8.30. The molecule has 0 saturated heterocycles. The number of rotatable bonds is 6. The topological polar surface area (TPSA) is 100 Å². The maximum Gasteiger partial charge on any atom is 0.128 e. The van der Waals surface area contributed by atoms with Crippen LogP contribution < -0.4 is 15.8 Å². The number of nitrogens with two attached hydrogens (primary N) is 1. The summed E-state index contributed by atoms with van der Waals surface area (Å²) in [7, 11) is 0. The van der Waals surface area contributed by atoms with E-state index in [-0.39, 0.29) is 12.1 Å². The molecule has 5 N–H and O–H groups in total. The van der Waals surface area contributed by atoms with Crippen LogP contribution in [0.5, 0.6) is 5.75 Å². The van der Waals surface area contributed by atoms with E-state index in [9.17, 15) is 5.11 Å². The Morgan fingerprint density at radius 3 is 2.67 bits per heavy atom. The molecule has 21 heavy (non-hydrogen) atoms. The second-order valence-corrected chi connectivity index (χ2v) is 6.04. The maximum absolute atomic E-state index is 9.92. The van der Waals surface area contributed by atoms with Crippen molar-refractivity contribution in [2.45, 2.75) is 39.3 Å². The number of hydrogen-bond donors (Lipinski definition) is 4. The maximum atomic E-state index is 9.92. The van der Waals surface area contributed by atoms with Crippen LogP contribution in [0.25, 0.3) is 0 Å². The van der Waals surface area contributed by atoms with Gasteiger partial charge >= 0.3 is 0 Å². The van der Waals surface area contributed by atoms with Crippen LogP contribution in [-0.2, 0) is 0 Å². The van der Waals surface area contributed by atoms with Gasteiger partial charge in [-0.2, -0.15) is 0 Å². The van der Waals surface area contributed by atoms with Crippen LogP contribution in [0.1, 0.15) is 33.3 Å². The monoisotopic (exact) mass is 295 g/mol. The van der Waals surface area contributed by atoms with Crippen molar-refractivity contribution in [3.05, 3.63) is 23.8 Å². The number of benzene rings is 1. The van der Waals surface area contributed by atoms with Crippen molar-refractivity contribution in [2.75, 3.05) is 18.9 Å². The van der Waals surface area contributed by atoms with Crippen LogP contribution in [0.4, 0.5) is 5.69 Å². The van der Waals surface area contributed by atoms with Crippen molar-refractivity contribution in [3.8, 4) is 5.75 Å². The highest BCUT2D eigenvalue weighted by Crippen LogP contribution is 2.22. The minimum atomic E-state index is -0.638. The number of anilines is 1. The first-order chi connectivity index (χ1) is 9.73. The molecule has 0 aliphatic rings. The highest BCUT2D eigenvalue weighted by Gasteiger charge is 2.14.